The van der Waals surface area contributed by atoms with Gasteiger partial charge in [-0.3, -0.25) is 0 Å². The first kappa shape index (κ1) is 11.0. The maximum Gasteiger partial charge on any atom is 0.161 e. The Kier molecular flexibility index (Phi) is 2.42. The van der Waals surface area contributed by atoms with Crippen LogP contribution in [-0.4, -0.2) is 24.6 Å². The second kappa shape index (κ2) is 3.51. The standard InChI is InChI=1S/C9H8F2N2O2S/c1-16(14,15)4-9-12-7-2-5(10)6(11)3-8(7)13-9/h2-3H,4H2,1H3,(H,12,13). The van der Waals surface area contributed by atoms with E-state index < -0.39 is 21.5 Å². The van der Waals surface area contributed by atoms with E-state index in [1.165, 1.54) is 0 Å². The van der Waals surface area contributed by atoms with Crippen LogP contribution in [-0.2, 0) is 15.6 Å². The SMILES string of the molecule is CS(=O)(=O)Cc1nc2cc(F)c(F)cc2[nH]1. The van der Waals surface area contributed by atoms with Gasteiger partial charge in [-0.1, -0.05) is 0 Å². The first-order valence-electron chi connectivity index (χ1n) is 4.36. The number of hydrogen-bond donors (Lipinski definition) is 1. The van der Waals surface area contributed by atoms with Crippen LogP contribution in [0.4, 0.5) is 8.78 Å². The second-order valence-electron chi connectivity index (χ2n) is 3.54. The van der Waals surface area contributed by atoms with Gasteiger partial charge in [-0.2, -0.15) is 0 Å². The van der Waals surface area contributed by atoms with Crippen LogP contribution in [0.1, 0.15) is 5.82 Å². The molecular weight excluding hydrogens is 238 g/mol. The summed E-state index contributed by atoms with van der Waals surface area (Å²) in [6.07, 6.45) is 1.06. The lowest BCUT2D eigenvalue weighted by molar-refractivity contribution is 0.510. The third-order valence-corrected chi connectivity index (χ3v) is 2.77. The van der Waals surface area contributed by atoms with Crippen LogP contribution in [0, 0.1) is 11.6 Å². The molecule has 86 valence electrons. The van der Waals surface area contributed by atoms with E-state index in [-0.39, 0.29) is 22.6 Å². The van der Waals surface area contributed by atoms with Crippen LogP contribution in [0.25, 0.3) is 11.0 Å². The number of aromatic amines is 1. The Balaban J connectivity index is 2.52. The summed E-state index contributed by atoms with van der Waals surface area (Å²) in [5.74, 6) is -2.13. The van der Waals surface area contributed by atoms with Crippen molar-refractivity contribution in [2.75, 3.05) is 6.26 Å². The number of nitrogens with zero attached hydrogens (tertiary/aromatic N) is 1. The van der Waals surface area contributed by atoms with Crippen LogP contribution >= 0.6 is 0 Å². The van der Waals surface area contributed by atoms with Crippen LogP contribution in [0.15, 0.2) is 12.1 Å². The molecule has 0 aliphatic carbocycles. The van der Waals surface area contributed by atoms with Crippen LogP contribution in [0.5, 0.6) is 0 Å². The van der Waals surface area contributed by atoms with Crippen LogP contribution < -0.4 is 0 Å². The van der Waals surface area contributed by atoms with E-state index in [1.54, 1.807) is 0 Å². The zero-order valence-corrected chi connectivity index (χ0v) is 9.11. The quantitative estimate of drug-likeness (QED) is 0.870. The third-order valence-electron chi connectivity index (χ3n) is 1.97. The fourth-order valence-electron chi connectivity index (χ4n) is 1.37. The highest BCUT2D eigenvalue weighted by Crippen LogP contribution is 2.17. The number of imidazole rings is 1. The van der Waals surface area contributed by atoms with Gasteiger partial charge >= 0.3 is 0 Å². The molecule has 1 aromatic heterocycles. The zero-order chi connectivity index (χ0) is 11.9. The number of halogens is 2. The van der Waals surface area contributed by atoms with Gasteiger partial charge in [0.15, 0.2) is 21.5 Å². The summed E-state index contributed by atoms with van der Waals surface area (Å²) in [6.45, 7) is 0. The maximum absolute atomic E-state index is 12.9. The summed E-state index contributed by atoms with van der Waals surface area (Å²) in [7, 11) is -3.23. The average molecular weight is 246 g/mol. The number of benzene rings is 1. The number of aromatic nitrogens is 2. The van der Waals surface area contributed by atoms with Gasteiger partial charge in [-0.05, 0) is 0 Å². The van der Waals surface area contributed by atoms with Crippen molar-refractivity contribution >= 4 is 20.9 Å². The Morgan fingerprint density at radius 2 is 1.94 bits per heavy atom. The highest BCUT2D eigenvalue weighted by Gasteiger charge is 2.11. The summed E-state index contributed by atoms with van der Waals surface area (Å²) in [5.41, 5.74) is 0.482. The molecule has 0 fully saturated rings. The second-order valence-corrected chi connectivity index (χ2v) is 5.68. The van der Waals surface area contributed by atoms with E-state index in [9.17, 15) is 17.2 Å². The number of H-pyrrole nitrogens is 1. The summed E-state index contributed by atoms with van der Waals surface area (Å²) in [6, 6.07) is 1.87. The molecule has 2 rings (SSSR count). The van der Waals surface area contributed by atoms with E-state index in [4.69, 9.17) is 0 Å². The molecule has 0 radical (unpaired) electrons. The van der Waals surface area contributed by atoms with Gasteiger partial charge < -0.3 is 4.98 Å². The smallest absolute Gasteiger partial charge is 0.161 e. The monoisotopic (exact) mass is 246 g/mol. The molecule has 0 atom stereocenters. The highest BCUT2D eigenvalue weighted by molar-refractivity contribution is 7.89. The van der Waals surface area contributed by atoms with Crippen molar-refractivity contribution in [1.82, 2.24) is 9.97 Å². The molecule has 0 spiro atoms. The normalized spacial score (nSPS) is 12.2. The Morgan fingerprint density at radius 1 is 1.31 bits per heavy atom. The summed E-state index contributed by atoms with van der Waals surface area (Å²) in [4.78, 5) is 6.48. The van der Waals surface area contributed by atoms with Crippen molar-refractivity contribution in [2.45, 2.75) is 5.75 Å². The van der Waals surface area contributed by atoms with E-state index in [1.807, 2.05) is 0 Å². The highest BCUT2D eigenvalue weighted by atomic mass is 32.2. The predicted molar refractivity (Wildman–Crippen MR) is 54.6 cm³/mol. The Hall–Kier alpha value is -1.50. The van der Waals surface area contributed by atoms with Gasteiger partial charge in [0.1, 0.15) is 11.6 Å². The molecule has 2 aromatic rings. The van der Waals surface area contributed by atoms with Gasteiger partial charge in [0.25, 0.3) is 0 Å². The number of rotatable bonds is 2. The molecule has 16 heavy (non-hydrogen) atoms. The van der Waals surface area contributed by atoms with E-state index in [0.29, 0.717) is 0 Å². The molecule has 0 unspecified atom stereocenters. The molecule has 0 amide bonds. The largest absolute Gasteiger partial charge is 0.341 e. The van der Waals surface area contributed by atoms with Crippen molar-refractivity contribution in [2.24, 2.45) is 0 Å². The fraction of sp³-hybridized carbons (Fsp3) is 0.222. The molecular formula is C9H8F2N2O2S. The lowest BCUT2D eigenvalue weighted by Gasteiger charge is -1.91. The van der Waals surface area contributed by atoms with Crippen LogP contribution in [0.3, 0.4) is 0 Å². The first-order chi connectivity index (χ1) is 7.35. The van der Waals surface area contributed by atoms with E-state index >= 15 is 0 Å². The minimum atomic E-state index is -3.23. The van der Waals surface area contributed by atoms with E-state index in [2.05, 4.69) is 9.97 Å². The maximum atomic E-state index is 12.9. The molecule has 1 heterocycles. The lowest BCUT2D eigenvalue weighted by Crippen LogP contribution is -2.01. The Bertz CT molecular complexity index is 610. The molecule has 7 heteroatoms. The van der Waals surface area contributed by atoms with Crippen molar-refractivity contribution in [1.29, 1.82) is 0 Å². The Morgan fingerprint density at radius 3 is 2.56 bits per heavy atom. The molecule has 0 saturated carbocycles. The first-order valence-corrected chi connectivity index (χ1v) is 6.42. The number of fused-ring (bicyclic) bond motifs is 1. The lowest BCUT2D eigenvalue weighted by atomic mass is 10.3. The third kappa shape index (κ3) is 2.19. The average Bonchev–Trinajstić information content (AvgIpc) is 2.44. The predicted octanol–water partition coefficient (Wildman–Crippen LogP) is 1.39. The molecule has 0 aliphatic rings. The number of sulfone groups is 1. The molecule has 0 aliphatic heterocycles. The summed E-state index contributed by atoms with van der Waals surface area (Å²) < 4.78 is 47.7. The van der Waals surface area contributed by atoms with Gasteiger partial charge in [0.05, 0.1) is 11.0 Å². The minimum Gasteiger partial charge on any atom is -0.341 e. The molecule has 4 nitrogen and oxygen atoms in total. The van der Waals surface area contributed by atoms with Crippen molar-refractivity contribution in [3.63, 3.8) is 0 Å². The number of hydrogen-bond acceptors (Lipinski definition) is 3. The summed E-state index contributed by atoms with van der Waals surface area (Å²) in [5, 5.41) is 0. The fourth-order valence-corrected chi connectivity index (χ4v) is 2.01. The minimum absolute atomic E-state index is 0.169. The van der Waals surface area contributed by atoms with Gasteiger partial charge in [0, 0.05) is 18.4 Å². The molecule has 0 saturated heterocycles. The van der Waals surface area contributed by atoms with Crippen molar-refractivity contribution < 1.29 is 17.2 Å². The van der Waals surface area contributed by atoms with Crippen molar-refractivity contribution in [3.8, 4) is 0 Å². The molecule has 1 aromatic carbocycles. The van der Waals surface area contributed by atoms with Crippen LogP contribution in [0.2, 0.25) is 0 Å². The topological polar surface area (TPSA) is 62.8 Å². The van der Waals surface area contributed by atoms with E-state index in [0.717, 1.165) is 18.4 Å². The number of nitrogens with one attached hydrogen (secondary N) is 1. The van der Waals surface area contributed by atoms with Gasteiger partial charge in [-0.15, -0.1) is 0 Å². The zero-order valence-electron chi connectivity index (χ0n) is 8.29. The van der Waals surface area contributed by atoms with Gasteiger partial charge in [0.2, 0.25) is 0 Å². The van der Waals surface area contributed by atoms with Gasteiger partial charge in [-0.25, -0.2) is 22.2 Å². The summed E-state index contributed by atoms with van der Waals surface area (Å²) >= 11 is 0. The molecule has 1 N–H and O–H groups in total. The Labute approximate surface area is 90.2 Å². The molecule has 0 bridgehead atoms. The van der Waals surface area contributed by atoms with Crippen molar-refractivity contribution in [3.05, 3.63) is 29.6 Å².